The Morgan fingerprint density at radius 1 is 1.14 bits per heavy atom. The highest BCUT2D eigenvalue weighted by Crippen LogP contribution is 2.25. The number of carboxylic acids is 1. The monoisotopic (exact) mass is 299 g/mol. The number of carboxylic acid groups (broad SMARTS) is 1. The fourth-order valence-corrected chi connectivity index (χ4v) is 2.91. The van der Waals surface area contributed by atoms with Crippen LogP contribution in [0.15, 0.2) is 30.5 Å². The summed E-state index contributed by atoms with van der Waals surface area (Å²) >= 11 is 0. The maximum atomic E-state index is 12.3. The van der Waals surface area contributed by atoms with Gasteiger partial charge in [-0.15, -0.1) is 0 Å². The van der Waals surface area contributed by atoms with Gasteiger partial charge in [0.05, 0.1) is 23.1 Å². The van der Waals surface area contributed by atoms with E-state index in [9.17, 15) is 14.7 Å². The molecule has 6 nitrogen and oxygen atoms in total. The number of aliphatic carboxylic acids is 1. The molecule has 1 amide bonds. The van der Waals surface area contributed by atoms with Crippen molar-refractivity contribution in [2.75, 3.05) is 0 Å². The normalized spacial score (nSPS) is 21.5. The first kappa shape index (κ1) is 14.4. The number of rotatable bonds is 3. The van der Waals surface area contributed by atoms with Crippen molar-refractivity contribution in [2.45, 2.75) is 31.7 Å². The van der Waals surface area contributed by atoms with Crippen molar-refractivity contribution >= 4 is 22.9 Å². The van der Waals surface area contributed by atoms with E-state index in [1.807, 2.05) is 18.2 Å². The Labute approximate surface area is 127 Å². The Morgan fingerprint density at radius 2 is 1.86 bits per heavy atom. The number of nitrogens with zero attached hydrogens (tertiary/aromatic N) is 2. The van der Waals surface area contributed by atoms with E-state index < -0.39 is 11.9 Å². The average Bonchev–Trinajstić information content (AvgIpc) is 2.54. The Hall–Kier alpha value is -2.50. The van der Waals surface area contributed by atoms with E-state index in [0.717, 1.165) is 18.4 Å². The van der Waals surface area contributed by atoms with Crippen LogP contribution in [0.4, 0.5) is 0 Å². The molecular formula is C16H17N3O3. The van der Waals surface area contributed by atoms with Crippen LogP contribution in [0.2, 0.25) is 0 Å². The van der Waals surface area contributed by atoms with E-state index in [1.54, 1.807) is 6.07 Å². The zero-order chi connectivity index (χ0) is 15.5. The number of fused-ring (bicyclic) bond motifs is 1. The van der Waals surface area contributed by atoms with Crippen molar-refractivity contribution in [3.05, 3.63) is 36.2 Å². The predicted octanol–water partition coefficient (Wildman–Crippen LogP) is 2.00. The lowest BCUT2D eigenvalue weighted by Gasteiger charge is -2.29. The standard InChI is InChI=1S/C16H17N3O3/c20-15(19-11-6-2-1-5-10(11)16(21)22)14-9-17-12-7-3-4-8-13(12)18-14/h3-4,7-11H,1-2,5-6H2,(H,19,20)(H,21,22)/t10-,11+/m1/s1. The average molecular weight is 299 g/mol. The molecule has 6 heteroatoms. The molecule has 0 aliphatic heterocycles. The lowest BCUT2D eigenvalue weighted by Crippen LogP contribution is -2.45. The zero-order valence-corrected chi connectivity index (χ0v) is 12.0. The molecular weight excluding hydrogens is 282 g/mol. The van der Waals surface area contributed by atoms with Crippen LogP contribution in [0.3, 0.4) is 0 Å². The minimum absolute atomic E-state index is 0.216. The van der Waals surface area contributed by atoms with E-state index in [1.165, 1.54) is 6.20 Å². The van der Waals surface area contributed by atoms with Gasteiger partial charge in [-0.2, -0.15) is 0 Å². The third-order valence-electron chi connectivity index (χ3n) is 4.08. The molecule has 2 atom stereocenters. The molecule has 0 radical (unpaired) electrons. The van der Waals surface area contributed by atoms with Gasteiger partial charge in [0.2, 0.25) is 0 Å². The van der Waals surface area contributed by atoms with Crippen molar-refractivity contribution in [1.29, 1.82) is 0 Å². The fraction of sp³-hybridized carbons (Fsp3) is 0.375. The number of carbonyl (C=O) groups is 2. The van der Waals surface area contributed by atoms with E-state index >= 15 is 0 Å². The van der Waals surface area contributed by atoms with Crippen LogP contribution in [0.25, 0.3) is 11.0 Å². The molecule has 0 spiro atoms. The third-order valence-corrected chi connectivity index (χ3v) is 4.08. The van der Waals surface area contributed by atoms with Crippen molar-refractivity contribution in [1.82, 2.24) is 15.3 Å². The summed E-state index contributed by atoms with van der Waals surface area (Å²) in [7, 11) is 0. The molecule has 3 rings (SSSR count). The topological polar surface area (TPSA) is 92.2 Å². The molecule has 2 N–H and O–H groups in total. The highest BCUT2D eigenvalue weighted by molar-refractivity contribution is 5.94. The van der Waals surface area contributed by atoms with Gasteiger partial charge in [-0.25, -0.2) is 4.98 Å². The fourth-order valence-electron chi connectivity index (χ4n) is 2.91. The maximum Gasteiger partial charge on any atom is 0.308 e. The molecule has 1 saturated carbocycles. The Bertz CT molecular complexity index is 717. The van der Waals surface area contributed by atoms with Crippen LogP contribution in [-0.4, -0.2) is 33.0 Å². The Morgan fingerprint density at radius 3 is 2.64 bits per heavy atom. The van der Waals surface area contributed by atoms with Gasteiger partial charge in [0.25, 0.3) is 5.91 Å². The highest BCUT2D eigenvalue weighted by Gasteiger charge is 2.32. The zero-order valence-electron chi connectivity index (χ0n) is 12.0. The number of amides is 1. The number of aromatic nitrogens is 2. The predicted molar refractivity (Wildman–Crippen MR) is 80.4 cm³/mol. The van der Waals surface area contributed by atoms with Gasteiger partial charge >= 0.3 is 5.97 Å². The second-order valence-electron chi connectivity index (χ2n) is 5.55. The summed E-state index contributed by atoms with van der Waals surface area (Å²) in [5, 5.41) is 12.1. The first-order chi connectivity index (χ1) is 10.6. The summed E-state index contributed by atoms with van der Waals surface area (Å²) < 4.78 is 0. The molecule has 22 heavy (non-hydrogen) atoms. The van der Waals surface area contributed by atoms with Crippen molar-refractivity contribution < 1.29 is 14.7 Å². The first-order valence-electron chi connectivity index (χ1n) is 7.40. The molecule has 1 aromatic heterocycles. The number of hydrogen-bond donors (Lipinski definition) is 2. The van der Waals surface area contributed by atoms with Crippen LogP contribution in [-0.2, 0) is 4.79 Å². The van der Waals surface area contributed by atoms with Gasteiger partial charge in [0.15, 0.2) is 0 Å². The number of para-hydroxylation sites is 2. The SMILES string of the molecule is O=C(N[C@H]1CCCC[C@H]1C(=O)O)c1cnc2ccccc2n1. The van der Waals surface area contributed by atoms with Gasteiger partial charge < -0.3 is 10.4 Å². The quantitative estimate of drug-likeness (QED) is 0.904. The Kier molecular flexibility index (Phi) is 4.00. The minimum atomic E-state index is -0.852. The van der Waals surface area contributed by atoms with Crippen molar-refractivity contribution in [2.24, 2.45) is 5.92 Å². The summed E-state index contributed by atoms with van der Waals surface area (Å²) in [6.45, 7) is 0. The summed E-state index contributed by atoms with van der Waals surface area (Å²) in [6.07, 6.45) is 4.53. The second-order valence-corrected chi connectivity index (χ2v) is 5.55. The summed E-state index contributed by atoms with van der Waals surface area (Å²) in [4.78, 5) is 32.1. The lowest BCUT2D eigenvalue weighted by atomic mass is 9.84. The van der Waals surface area contributed by atoms with Crippen LogP contribution < -0.4 is 5.32 Å². The van der Waals surface area contributed by atoms with Crippen LogP contribution >= 0.6 is 0 Å². The first-order valence-corrected chi connectivity index (χ1v) is 7.40. The molecule has 2 aromatic rings. The van der Waals surface area contributed by atoms with Crippen LogP contribution in [0.5, 0.6) is 0 Å². The Balaban J connectivity index is 1.78. The maximum absolute atomic E-state index is 12.3. The van der Waals surface area contributed by atoms with E-state index in [4.69, 9.17) is 0 Å². The van der Waals surface area contributed by atoms with E-state index in [2.05, 4.69) is 15.3 Å². The van der Waals surface area contributed by atoms with Gasteiger partial charge in [-0.1, -0.05) is 25.0 Å². The molecule has 0 saturated heterocycles. The van der Waals surface area contributed by atoms with Crippen molar-refractivity contribution in [3.8, 4) is 0 Å². The van der Waals surface area contributed by atoms with Gasteiger partial charge in [0, 0.05) is 6.04 Å². The molecule has 0 bridgehead atoms. The van der Waals surface area contributed by atoms with E-state index in [0.29, 0.717) is 18.4 Å². The smallest absolute Gasteiger partial charge is 0.308 e. The lowest BCUT2D eigenvalue weighted by molar-refractivity contribution is -0.143. The summed E-state index contributed by atoms with van der Waals surface area (Å²) in [6, 6.07) is 6.97. The molecule has 1 heterocycles. The summed E-state index contributed by atoms with van der Waals surface area (Å²) in [5.74, 6) is -1.74. The van der Waals surface area contributed by atoms with Crippen LogP contribution in [0, 0.1) is 5.92 Å². The molecule has 0 unspecified atom stereocenters. The second kappa shape index (κ2) is 6.09. The van der Waals surface area contributed by atoms with Gasteiger partial charge in [-0.05, 0) is 25.0 Å². The molecule has 1 aliphatic rings. The molecule has 1 aromatic carbocycles. The largest absolute Gasteiger partial charge is 0.481 e. The third kappa shape index (κ3) is 2.90. The molecule has 1 fully saturated rings. The molecule has 1 aliphatic carbocycles. The number of benzene rings is 1. The number of hydrogen-bond acceptors (Lipinski definition) is 4. The van der Waals surface area contributed by atoms with Gasteiger partial charge in [0.1, 0.15) is 5.69 Å². The summed E-state index contributed by atoms with van der Waals surface area (Å²) in [5.41, 5.74) is 1.59. The van der Waals surface area contributed by atoms with Crippen LogP contribution in [0.1, 0.15) is 36.2 Å². The van der Waals surface area contributed by atoms with Crippen molar-refractivity contribution in [3.63, 3.8) is 0 Å². The van der Waals surface area contributed by atoms with E-state index in [-0.39, 0.29) is 17.6 Å². The number of nitrogens with one attached hydrogen (secondary N) is 1. The minimum Gasteiger partial charge on any atom is -0.481 e. The molecule has 114 valence electrons. The highest BCUT2D eigenvalue weighted by atomic mass is 16.4. The van der Waals surface area contributed by atoms with Gasteiger partial charge in [-0.3, -0.25) is 14.6 Å². The number of carbonyl (C=O) groups excluding carboxylic acids is 1.